The molecule has 1 amide bonds. The number of Topliss-reactive ketones (excluding diaryl/α,β-unsaturated/α-hetero) is 1. The third kappa shape index (κ3) is 3.85. The number of hydrogen-bond acceptors (Lipinski definition) is 6. The number of rotatable bonds is 6. The molecule has 1 atom stereocenters. The molecule has 1 aliphatic rings. The molecule has 7 heteroatoms. The van der Waals surface area contributed by atoms with Crippen molar-refractivity contribution < 1.29 is 28.9 Å². The van der Waals surface area contributed by atoms with E-state index in [1.165, 1.54) is 26.2 Å². The van der Waals surface area contributed by atoms with E-state index in [0.29, 0.717) is 28.5 Å². The first kappa shape index (κ1) is 22.9. The molecule has 1 N–H and O–H groups in total. The van der Waals surface area contributed by atoms with Crippen molar-refractivity contribution >= 4 is 23.1 Å². The van der Waals surface area contributed by atoms with Gasteiger partial charge in [-0.15, -0.1) is 0 Å². The van der Waals surface area contributed by atoms with Crippen LogP contribution in [0.4, 0.5) is 5.69 Å². The number of carbonyl (C=O) groups excluding carboxylic acids is 2. The van der Waals surface area contributed by atoms with Gasteiger partial charge in [-0.25, -0.2) is 0 Å². The molecule has 3 aromatic carbocycles. The molecule has 1 aliphatic heterocycles. The van der Waals surface area contributed by atoms with Crippen molar-refractivity contribution in [2.75, 3.05) is 26.2 Å². The fraction of sp³-hybridized carbons (Fsp3) is 0.185. The van der Waals surface area contributed by atoms with Crippen molar-refractivity contribution in [1.29, 1.82) is 0 Å². The summed E-state index contributed by atoms with van der Waals surface area (Å²) in [6.45, 7) is 1.90. The van der Waals surface area contributed by atoms with E-state index in [2.05, 4.69) is 0 Å². The molecule has 1 unspecified atom stereocenters. The number of methoxy groups -OCH3 is 3. The van der Waals surface area contributed by atoms with Crippen LogP contribution in [-0.4, -0.2) is 38.1 Å². The standard InChI is InChI=1S/C27H25NO6/c1-16-8-7-9-17(14-16)28-24(19-10-5-6-11-21(19)33-3)23(26(30)27(28)31)25(29)20-13-12-18(32-2)15-22(20)34-4/h5-15,24,29H,1-4H3/b25-23+. The normalized spacial score (nSPS) is 17.1. The van der Waals surface area contributed by atoms with E-state index in [1.807, 2.05) is 25.1 Å². The number of nitrogens with zero attached hydrogens (tertiary/aromatic N) is 1. The van der Waals surface area contributed by atoms with Crippen LogP contribution in [0.5, 0.6) is 17.2 Å². The predicted molar refractivity (Wildman–Crippen MR) is 129 cm³/mol. The number of carbonyl (C=O) groups is 2. The molecule has 1 saturated heterocycles. The zero-order chi connectivity index (χ0) is 24.4. The van der Waals surface area contributed by atoms with E-state index >= 15 is 0 Å². The summed E-state index contributed by atoms with van der Waals surface area (Å²) in [6, 6.07) is 18.3. The summed E-state index contributed by atoms with van der Waals surface area (Å²) in [4.78, 5) is 28.1. The summed E-state index contributed by atoms with van der Waals surface area (Å²) in [5.41, 5.74) is 2.25. The van der Waals surface area contributed by atoms with E-state index in [1.54, 1.807) is 48.5 Å². The Balaban J connectivity index is 2.01. The molecule has 1 fully saturated rings. The molecule has 0 saturated carbocycles. The lowest BCUT2D eigenvalue weighted by atomic mass is 9.94. The number of benzene rings is 3. The summed E-state index contributed by atoms with van der Waals surface area (Å²) in [5, 5.41) is 11.4. The average molecular weight is 459 g/mol. The fourth-order valence-corrected chi connectivity index (χ4v) is 4.20. The number of aliphatic hydroxyl groups excluding tert-OH is 1. The minimum Gasteiger partial charge on any atom is -0.507 e. The quantitative estimate of drug-likeness (QED) is 0.328. The van der Waals surface area contributed by atoms with Gasteiger partial charge in [0.2, 0.25) is 0 Å². The number of amides is 1. The highest BCUT2D eigenvalue weighted by atomic mass is 16.5. The van der Waals surface area contributed by atoms with E-state index in [0.717, 1.165) is 5.56 Å². The second-order valence-electron chi connectivity index (χ2n) is 7.82. The highest BCUT2D eigenvalue weighted by Gasteiger charge is 2.48. The maximum absolute atomic E-state index is 13.4. The summed E-state index contributed by atoms with van der Waals surface area (Å²) in [7, 11) is 4.49. The van der Waals surface area contributed by atoms with Crippen LogP contribution < -0.4 is 19.1 Å². The molecule has 0 bridgehead atoms. The minimum absolute atomic E-state index is 0.0560. The Hall–Kier alpha value is -4.26. The van der Waals surface area contributed by atoms with Crippen molar-refractivity contribution in [3.8, 4) is 17.2 Å². The Kier molecular flexibility index (Phi) is 6.27. The Morgan fingerprint density at radius 3 is 2.26 bits per heavy atom. The maximum atomic E-state index is 13.4. The van der Waals surface area contributed by atoms with Gasteiger partial charge in [-0.05, 0) is 42.8 Å². The van der Waals surface area contributed by atoms with Gasteiger partial charge < -0.3 is 19.3 Å². The molecule has 0 radical (unpaired) electrons. The third-order valence-corrected chi connectivity index (χ3v) is 5.82. The van der Waals surface area contributed by atoms with E-state index in [-0.39, 0.29) is 16.9 Å². The fourth-order valence-electron chi connectivity index (χ4n) is 4.20. The van der Waals surface area contributed by atoms with Crippen LogP contribution in [0, 0.1) is 6.92 Å². The van der Waals surface area contributed by atoms with Crippen molar-refractivity contribution in [3.63, 3.8) is 0 Å². The summed E-state index contributed by atoms with van der Waals surface area (Å²) >= 11 is 0. The molecule has 4 rings (SSSR count). The highest BCUT2D eigenvalue weighted by Crippen LogP contribution is 2.46. The van der Waals surface area contributed by atoms with Crippen LogP contribution in [0.25, 0.3) is 5.76 Å². The van der Waals surface area contributed by atoms with Crippen LogP contribution >= 0.6 is 0 Å². The lowest BCUT2D eigenvalue weighted by molar-refractivity contribution is -0.132. The SMILES string of the molecule is COc1ccc(/C(O)=C2\C(=O)C(=O)N(c3cccc(C)c3)C2c2ccccc2OC)c(OC)c1. The molecule has 3 aromatic rings. The van der Waals surface area contributed by atoms with E-state index < -0.39 is 17.7 Å². The second kappa shape index (κ2) is 9.31. The number of ether oxygens (including phenoxy) is 3. The first-order valence-corrected chi connectivity index (χ1v) is 10.6. The molecule has 1 heterocycles. The second-order valence-corrected chi connectivity index (χ2v) is 7.82. The van der Waals surface area contributed by atoms with Gasteiger partial charge >= 0.3 is 0 Å². The molecular formula is C27H25NO6. The van der Waals surface area contributed by atoms with Crippen LogP contribution in [0.15, 0.2) is 72.3 Å². The van der Waals surface area contributed by atoms with Crippen molar-refractivity contribution in [2.45, 2.75) is 13.0 Å². The zero-order valence-corrected chi connectivity index (χ0v) is 19.4. The Morgan fingerprint density at radius 2 is 1.59 bits per heavy atom. The molecule has 174 valence electrons. The van der Waals surface area contributed by atoms with Crippen molar-refractivity contribution in [3.05, 3.63) is 89.0 Å². The highest BCUT2D eigenvalue weighted by molar-refractivity contribution is 6.51. The Morgan fingerprint density at radius 1 is 0.853 bits per heavy atom. The third-order valence-electron chi connectivity index (χ3n) is 5.82. The molecule has 0 spiro atoms. The number of para-hydroxylation sites is 1. The molecule has 0 aromatic heterocycles. The minimum atomic E-state index is -0.912. The summed E-state index contributed by atoms with van der Waals surface area (Å²) < 4.78 is 16.2. The summed E-state index contributed by atoms with van der Waals surface area (Å²) in [5.74, 6) is -0.570. The predicted octanol–water partition coefficient (Wildman–Crippen LogP) is 4.65. The van der Waals surface area contributed by atoms with Crippen LogP contribution in [0.2, 0.25) is 0 Å². The molecule has 0 aliphatic carbocycles. The number of anilines is 1. The smallest absolute Gasteiger partial charge is 0.300 e. The van der Waals surface area contributed by atoms with Crippen LogP contribution in [0.3, 0.4) is 0 Å². The van der Waals surface area contributed by atoms with Gasteiger partial charge in [0.25, 0.3) is 11.7 Å². The van der Waals surface area contributed by atoms with Gasteiger partial charge in [0.05, 0.1) is 38.5 Å². The van der Waals surface area contributed by atoms with E-state index in [9.17, 15) is 14.7 Å². The number of aliphatic hydroxyl groups is 1. The first-order chi connectivity index (χ1) is 16.4. The van der Waals surface area contributed by atoms with Crippen LogP contribution in [-0.2, 0) is 9.59 Å². The monoisotopic (exact) mass is 459 g/mol. The van der Waals surface area contributed by atoms with E-state index in [4.69, 9.17) is 14.2 Å². The van der Waals surface area contributed by atoms with Crippen molar-refractivity contribution in [2.24, 2.45) is 0 Å². The van der Waals surface area contributed by atoms with Gasteiger partial charge in [-0.2, -0.15) is 0 Å². The topological polar surface area (TPSA) is 85.3 Å². The zero-order valence-electron chi connectivity index (χ0n) is 19.4. The largest absolute Gasteiger partial charge is 0.507 e. The van der Waals surface area contributed by atoms with Gasteiger partial charge in [-0.3, -0.25) is 14.5 Å². The lowest BCUT2D eigenvalue weighted by Gasteiger charge is -2.27. The Bertz CT molecular complexity index is 1300. The number of aryl methyl sites for hydroxylation is 1. The van der Waals surface area contributed by atoms with Gasteiger partial charge in [0.15, 0.2) is 0 Å². The average Bonchev–Trinajstić information content (AvgIpc) is 3.13. The van der Waals surface area contributed by atoms with Crippen LogP contribution in [0.1, 0.15) is 22.7 Å². The lowest BCUT2D eigenvalue weighted by Crippen LogP contribution is -2.29. The van der Waals surface area contributed by atoms with Gasteiger partial charge in [0.1, 0.15) is 23.0 Å². The number of hydrogen-bond donors (Lipinski definition) is 1. The molecule has 34 heavy (non-hydrogen) atoms. The Labute approximate surface area is 197 Å². The van der Waals surface area contributed by atoms with Gasteiger partial charge in [-0.1, -0.05) is 30.3 Å². The number of ketones is 1. The maximum Gasteiger partial charge on any atom is 0.300 e. The van der Waals surface area contributed by atoms with Crippen molar-refractivity contribution in [1.82, 2.24) is 0 Å². The summed E-state index contributed by atoms with van der Waals surface area (Å²) in [6.07, 6.45) is 0. The first-order valence-electron chi connectivity index (χ1n) is 10.6. The molecule has 7 nitrogen and oxygen atoms in total. The molecular weight excluding hydrogens is 434 g/mol. The van der Waals surface area contributed by atoms with Gasteiger partial charge in [0, 0.05) is 17.3 Å².